The molecule has 0 saturated carbocycles. The summed E-state index contributed by atoms with van der Waals surface area (Å²) in [6, 6.07) is 7.53. The van der Waals surface area contributed by atoms with Crippen LogP contribution in [-0.4, -0.2) is 5.11 Å². The minimum atomic E-state index is -0.435. The van der Waals surface area contributed by atoms with Gasteiger partial charge in [0.1, 0.15) is 11.6 Å². The lowest BCUT2D eigenvalue weighted by molar-refractivity contribution is 0.473. The van der Waals surface area contributed by atoms with Crippen LogP contribution in [0.2, 0.25) is 5.02 Å². The van der Waals surface area contributed by atoms with Crippen molar-refractivity contribution in [2.45, 2.75) is 0 Å². The van der Waals surface area contributed by atoms with E-state index in [0.29, 0.717) is 15.1 Å². The quantitative estimate of drug-likeness (QED) is 0.705. The van der Waals surface area contributed by atoms with Crippen molar-refractivity contribution >= 4 is 43.5 Å². The molecule has 0 aliphatic carbocycles. The average Bonchev–Trinajstić information content (AvgIpc) is 2.27. The molecule has 0 bridgehead atoms. The Morgan fingerprint density at radius 3 is 2.47 bits per heavy atom. The zero-order valence-corrected chi connectivity index (χ0v) is 12.3. The largest absolute Gasteiger partial charge is 0.506 e. The van der Waals surface area contributed by atoms with Crippen molar-refractivity contribution in [2.75, 3.05) is 0 Å². The Labute approximate surface area is 119 Å². The van der Waals surface area contributed by atoms with Crippen LogP contribution in [0.4, 0.5) is 4.39 Å². The number of phenolic OH excluding ortho intramolecular Hbond substituents is 1. The van der Waals surface area contributed by atoms with Crippen LogP contribution in [0.5, 0.6) is 5.75 Å². The first kappa shape index (κ1) is 12.9. The maximum absolute atomic E-state index is 13.7. The van der Waals surface area contributed by atoms with Crippen LogP contribution in [-0.2, 0) is 0 Å². The minimum absolute atomic E-state index is 0.0191. The molecule has 0 radical (unpaired) electrons. The average molecular weight is 380 g/mol. The van der Waals surface area contributed by atoms with Crippen molar-refractivity contribution in [3.8, 4) is 16.9 Å². The van der Waals surface area contributed by atoms with E-state index in [1.807, 2.05) is 0 Å². The van der Waals surface area contributed by atoms with Gasteiger partial charge in [-0.25, -0.2) is 4.39 Å². The SMILES string of the molecule is Oc1c(Br)cc(Br)cc1-c1cc(Cl)ccc1F. The van der Waals surface area contributed by atoms with Crippen LogP contribution in [0, 0.1) is 5.82 Å². The highest BCUT2D eigenvalue weighted by atomic mass is 79.9. The molecular formula is C12H6Br2ClFO. The maximum atomic E-state index is 13.7. The number of halogens is 4. The number of phenols is 1. The van der Waals surface area contributed by atoms with E-state index in [9.17, 15) is 9.50 Å². The smallest absolute Gasteiger partial charge is 0.137 e. The van der Waals surface area contributed by atoms with Crippen molar-refractivity contribution in [1.82, 2.24) is 0 Å². The van der Waals surface area contributed by atoms with Crippen LogP contribution >= 0.6 is 43.5 Å². The molecule has 0 heterocycles. The summed E-state index contributed by atoms with van der Waals surface area (Å²) in [6.45, 7) is 0. The Kier molecular flexibility index (Phi) is 3.76. The minimum Gasteiger partial charge on any atom is -0.506 e. The molecule has 17 heavy (non-hydrogen) atoms. The Morgan fingerprint density at radius 1 is 1.06 bits per heavy atom. The van der Waals surface area contributed by atoms with Crippen molar-refractivity contribution in [3.05, 3.63) is 50.1 Å². The molecule has 0 aliphatic heterocycles. The number of benzene rings is 2. The first-order valence-electron chi connectivity index (χ1n) is 4.62. The van der Waals surface area contributed by atoms with E-state index in [2.05, 4.69) is 31.9 Å². The van der Waals surface area contributed by atoms with Crippen molar-refractivity contribution in [1.29, 1.82) is 0 Å². The fraction of sp³-hybridized carbons (Fsp3) is 0. The zero-order chi connectivity index (χ0) is 12.6. The molecule has 0 unspecified atom stereocenters. The van der Waals surface area contributed by atoms with Crippen molar-refractivity contribution < 1.29 is 9.50 Å². The highest BCUT2D eigenvalue weighted by Crippen LogP contribution is 2.39. The molecule has 0 aromatic heterocycles. The van der Waals surface area contributed by atoms with Gasteiger partial charge in [-0.3, -0.25) is 0 Å². The fourth-order valence-corrected chi connectivity index (χ4v) is 2.87. The normalized spacial score (nSPS) is 10.6. The van der Waals surface area contributed by atoms with Crippen LogP contribution in [0.1, 0.15) is 0 Å². The molecule has 1 N–H and O–H groups in total. The van der Waals surface area contributed by atoms with Crippen LogP contribution in [0.3, 0.4) is 0 Å². The Morgan fingerprint density at radius 2 is 1.76 bits per heavy atom. The molecule has 0 amide bonds. The van der Waals surface area contributed by atoms with Crippen molar-refractivity contribution in [2.24, 2.45) is 0 Å². The van der Waals surface area contributed by atoms with E-state index >= 15 is 0 Å². The molecule has 0 fully saturated rings. The summed E-state index contributed by atoms with van der Waals surface area (Å²) in [4.78, 5) is 0. The van der Waals surface area contributed by atoms with Gasteiger partial charge in [-0.05, 0) is 46.3 Å². The highest BCUT2D eigenvalue weighted by Gasteiger charge is 2.13. The van der Waals surface area contributed by atoms with Gasteiger partial charge in [-0.15, -0.1) is 0 Å². The molecule has 1 nitrogen and oxygen atoms in total. The summed E-state index contributed by atoms with van der Waals surface area (Å²) in [7, 11) is 0. The molecule has 88 valence electrons. The van der Waals surface area contributed by atoms with Gasteiger partial charge >= 0.3 is 0 Å². The molecule has 5 heteroatoms. The van der Waals surface area contributed by atoms with E-state index < -0.39 is 5.82 Å². The second-order valence-corrected chi connectivity index (χ2v) is 5.61. The second-order valence-electron chi connectivity index (χ2n) is 3.41. The van der Waals surface area contributed by atoms with Crippen LogP contribution in [0.15, 0.2) is 39.3 Å². The lowest BCUT2D eigenvalue weighted by atomic mass is 10.0. The van der Waals surface area contributed by atoms with E-state index in [0.717, 1.165) is 4.47 Å². The van der Waals surface area contributed by atoms with E-state index in [1.165, 1.54) is 18.2 Å². The van der Waals surface area contributed by atoms with E-state index in [4.69, 9.17) is 11.6 Å². The predicted molar refractivity (Wildman–Crippen MR) is 73.9 cm³/mol. The van der Waals surface area contributed by atoms with Gasteiger partial charge in [0.2, 0.25) is 0 Å². The van der Waals surface area contributed by atoms with E-state index in [-0.39, 0.29) is 11.3 Å². The summed E-state index contributed by atoms with van der Waals surface area (Å²) in [5, 5.41) is 10.3. The number of rotatable bonds is 1. The molecular weight excluding hydrogens is 374 g/mol. The molecule has 0 spiro atoms. The van der Waals surface area contributed by atoms with Gasteiger partial charge < -0.3 is 5.11 Å². The molecule has 2 rings (SSSR count). The molecule has 0 saturated heterocycles. The third kappa shape index (κ3) is 2.64. The first-order valence-corrected chi connectivity index (χ1v) is 6.59. The Balaban J connectivity index is 2.72. The molecule has 2 aromatic carbocycles. The van der Waals surface area contributed by atoms with Gasteiger partial charge in [0.25, 0.3) is 0 Å². The maximum Gasteiger partial charge on any atom is 0.137 e. The lowest BCUT2D eigenvalue weighted by Crippen LogP contribution is -1.86. The molecule has 2 aromatic rings. The Bertz CT molecular complexity index is 587. The van der Waals surface area contributed by atoms with Gasteiger partial charge in [0, 0.05) is 20.6 Å². The summed E-state index contributed by atoms with van der Waals surface area (Å²) in [5.74, 6) is -0.455. The topological polar surface area (TPSA) is 20.2 Å². The third-order valence-electron chi connectivity index (χ3n) is 2.25. The predicted octanol–water partition coefficient (Wildman–Crippen LogP) is 5.38. The number of hydrogen-bond acceptors (Lipinski definition) is 1. The second kappa shape index (κ2) is 4.96. The third-order valence-corrected chi connectivity index (χ3v) is 3.54. The van der Waals surface area contributed by atoms with E-state index in [1.54, 1.807) is 12.1 Å². The Hall–Kier alpha value is -0.580. The van der Waals surface area contributed by atoms with Crippen molar-refractivity contribution in [3.63, 3.8) is 0 Å². The zero-order valence-electron chi connectivity index (χ0n) is 8.35. The summed E-state index contributed by atoms with van der Waals surface area (Å²) >= 11 is 12.3. The number of aromatic hydroxyl groups is 1. The monoisotopic (exact) mass is 378 g/mol. The summed E-state index contributed by atoms with van der Waals surface area (Å²) in [5.41, 5.74) is 0.642. The number of hydrogen-bond donors (Lipinski definition) is 1. The van der Waals surface area contributed by atoms with Crippen LogP contribution < -0.4 is 0 Å². The lowest BCUT2D eigenvalue weighted by Gasteiger charge is -2.09. The summed E-state index contributed by atoms with van der Waals surface area (Å²) < 4.78 is 14.9. The van der Waals surface area contributed by atoms with Gasteiger partial charge in [0.05, 0.1) is 4.47 Å². The fourth-order valence-electron chi connectivity index (χ4n) is 1.48. The first-order chi connectivity index (χ1) is 7.99. The highest BCUT2D eigenvalue weighted by molar-refractivity contribution is 9.11. The molecule has 0 aliphatic rings. The van der Waals surface area contributed by atoms with Gasteiger partial charge in [-0.2, -0.15) is 0 Å². The standard InChI is InChI=1S/C12H6Br2ClFO/c13-6-3-9(12(17)10(14)4-6)8-5-7(15)1-2-11(8)16/h1-5,17H. The van der Waals surface area contributed by atoms with Gasteiger partial charge in [-0.1, -0.05) is 27.5 Å². The van der Waals surface area contributed by atoms with Gasteiger partial charge in [0.15, 0.2) is 0 Å². The summed E-state index contributed by atoms with van der Waals surface area (Å²) in [6.07, 6.45) is 0. The molecule has 0 atom stereocenters. The van der Waals surface area contributed by atoms with Crippen LogP contribution in [0.25, 0.3) is 11.1 Å².